The molecule has 1 aliphatic heterocycles. The zero-order chi connectivity index (χ0) is 25.1. The molecule has 1 saturated carbocycles. The number of hydrogen-bond acceptors (Lipinski definition) is 4. The van der Waals surface area contributed by atoms with Gasteiger partial charge < -0.3 is 20.1 Å². The van der Waals surface area contributed by atoms with Crippen molar-refractivity contribution in [3.63, 3.8) is 0 Å². The number of carbonyl (C=O) groups is 3. The van der Waals surface area contributed by atoms with Crippen LogP contribution in [0.25, 0.3) is 10.9 Å². The van der Waals surface area contributed by atoms with Crippen LogP contribution in [0.3, 0.4) is 0 Å². The van der Waals surface area contributed by atoms with Gasteiger partial charge in [0.2, 0.25) is 11.8 Å². The summed E-state index contributed by atoms with van der Waals surface area (Å²) in [6.45, 7) is 4.75. The van der Waals surface area contributed by atoms with E-state index in [4.69, 9.17) is 0 Å². The summed E-state index contributed by atoms with van der Waals surface area (Å²) in [4.78, 5) is 41.0. The maximum atomic E-state index is 13.9. The predicted molar refractivity (Wildman–Crippen MR) is 141 cm³/mol. The first kappa shape index (κ1) is 25.9. The van der Waals surface area contributed by atoms with Gasteiger partial charge in [-0.2, -0.15) is 0 Å². The molecule has 2 heterocycles. The number of ketones is 1. The second-order valence-corrected chi connectivity index (χ2v) is 11.1. The van der Waals surface area contributed by atoms with Crippen molar-refractivity contribution in [1.29, 1.82) is 0 Å². The van der Waals surface area contributed by atoms with Crippen LogP contribution in [0.1, 0.15) is 69.2 Å². The number of amides is 2. The van der Waals surface area contributed by atoms with Crippen LogP contribution < -0.4 is 10.6 Å². The lowest BCUT2D eigenvalue weighted by molar-refractivity contribution is -0.139. The quantitative estimate of drug-likeness (QED) is 0.486. The maximum Gasteiger partial charge on any atom is 0.245 e. The summed E-state index contributed by atoms with van der Waals surface area (Å²) in [7, 11) is 1.76. The molecule has 4 rings (SSSR count). The Bertz CT molecular complexity index is 1090. The van der Waals surface area contributed by atoms with Crippen molar-refractivity contribution in [3.8, 4) is 0 Å². The molecular formula is C27H37BrN4O3. The van der Waals surface area contributed by atoms with Gasteiger partial charge in [0.1, 0.15) is 6.04 Å². The highest BCUT2D eigenvalue weighted by molar-refractivity contribution is 9.10. The van der Waals surface area contributed by atoms with Gasteiger partial charge in [-0.05, 0) is 70.7 Å². The lowest BCUT2D eigenvalue weighted by Gasteiger charge is -2.35. The van der Waals surface area contributed by atoms with Crippen LogP contribution in [0.15, 0.2) is 28.9 Å². The molecule has 2 aliphatic rings. The van der Waals surface area contributed by atoms with Gasteiger partial charge in [-0.25, -0.2) is 0 Å². The zero-order valence-corrected chi connectivity index (χ0v) is 22.6. The molecule has 0 radical (unpaired) electrons. The van der Waals surface area contributed by atoms with E-state index in [1.165, 1.54) is 6.42 Å². The van der Waals surface area contributed by atoms with Crippen LogP contribution in [0, 0.1) is 5.92 Å². The Hall–Kier alpha value is -2.19. The predicted octanol–water partition coefficient (Wildman–Crippen LogP) is 4.27. The van der Waals surface area contributed by atoms with Gasteiger partial charge >= 0.3 is 0 Å². The third-order valence-corrected chi connectivity index (χ3v) is 8.29. The second kappa shape index (κ2) is 11.2. The van der Waals surface area contributed by atoms with Crippen molar-refractivity contribution in [2.45, 2.75) is 83.5 Å². The van der Waals surface area contributed by atoms with Crippen LogP contribution in [0.4, 0.5) is 0 Å². The Morgan fingerprint density at radius 1 is 1.11 bits per heavy atom. The number of nitrogens with zero attached hydrogens (tertiary/aromatic N) is 2. The van der Waals surface area contributed by atoms with Crippen molar-refractivity contribution in [2.24, 2.45) is 5.92 Å². The average molecular weight is 546 g/mol. The molecule has 2 fully saturated rings. The number of aromatic nitrogens is 1. The molecule has 3 unspecified atom stereocenters. The fourth-order valence-corrected chi connectivity index (χ4v) is 6.04. The van der Waals surface area contributed by atoms with Gasteiger partial charge in [0, 0.05) is 46.3 Å². The monoisotopic (exact) mass is 544 g/mol. The summed E-state index contributed by atoms with van der Waals surface area (Å²) in [5, 5.41) is 7.02. The summed E-state index contributed by atoms with van der Waals surface area (Å²) in [5.74, 6) is 0.131. The molecule has 1 aromatic heterocycles. The minimum atomic E-state index is -0.482. The number of fused-ring (bicyclic) bond motifs is 1. The third-order valence-electron chi connectivity index (χ3n) is 7.80. The number of rotatable bonds is 8. The number of Topliss-reactive ketones (excluding diaryl/α,β-unsaturated/α-hetero) is 1. The van der Waals surface area contributed by atoms with E-state index in [2.05, 4.69) is 31.1 Å². The average Bonchev–Trinajstić information content (AvgIpc) is 3.46. The molecule has 35 heavy (non-hydrogen) atoms. The molecule has 7 nitrogen and oxygen atoms in total. The van der Waals surface area contributed by atoms with Crippen molar-refractivity contribution in [1.82, 2.24) is 20.1 Å². The van der Waals surface area contributed by atoms with E-state index in [0.29, 0.717) is 18.7 Å². The first-order valence-electron chi connectivity index (χ1n) is 12.9. The highest BCUT2D eigenvalue weighted by atomic mass is 79.9. The van der Waals surface area contributed by atoms with Crippen LogP contribution in [0.5, 0.6) is 0 Å². The van der Waals surface area contributed by atoms with E-state index >= 15 is 0 Å². The van der Waals surface area contributed by atoms with Crippen LogP contribution in [-0.2, 0) is 16.1 Å². The smallest absolute Gasteiger partial charge is 0.245 e. The van der Waals surface area contributed by atoms with E-state index in [1.54, 1.807) is 14.0 Å². The second-order valence-electron chi connectivity index (χ2n) is 10.1. The Kier molecular flexibility index (Phi) is 8.32. The molecule has 1 aromatic carbocycles. The molecule has 8 heteroatoms. The van der Waals surface area contributed by atoms with E-state index in [1.807, 2.05) is 36.2 Å². The Labute approximate surface area is 216 Å². The van der Waals surface area contributed by atoms with Crippen molar-refractivity contribution in [2.75, 3.05) is 13.6 Å². The SMILES string of the molecule is CNC(C)C(=O)NC(C(=O)N1CCCC1Cn1cc(C(C)=O)c2cc(Br)ccc21)C1CCCCC1. The van der Waals surface area contributed by atoms with Crippen molar-refractivity contribution < 1.29 is 14.4 Å². The molecule has 1 saturated heterocycles. The number of likely N-dealkylation sites (N-methyl/N-ethyl adjacent to an activating group) is 1. The third kappa shape index (κ3) is 5.64. The van der Waals surface area contributed by atoms with E-state index in [9.17, 15) is 14.4 Å². The van der Waals surface area contributed by atoms with Crippen molar-refractivity contribution >= 4 is 44.4 Å². The molecule has 2 aromatic rings. The number of hydrogen-bond donors (Lipinski definition) is 2. The molecule has 0 bridgehead atoms. The zero-order valence-electron chi connectivity index (χ0n) is 21.0. The first-order chi connectivity index (χ1) is 16.8. The largest absolute Gasteiger partial charge is 0.345 e. The minimum Gasteiger partial charge on any atom is -0.345 e. The molecule has 2 N–H and O–H groups in total. The highest BCUT2D eigenvalue weighted by Gasteiger charge is 2.38. The molecule has 3 atom stereocenters. The van der Waals surface area contributed by atoms with Crippen LogP contribution in [0.2, 0.25) is 0 Å². The summed E-state index contributed by atoms with van der Waals surface area (Å²) in [6.07, 6.45) is 9.14. The van der Waals surface area contributed by atoms with Crippen molar-refractivity contribution in [3.05, 3.63) is 34.4 Å². The van der Waals surface area contributed by atoms with E-state index in [0.717, 1.165) is 53.9 Å². The normalized spacial score (nSPS) is 20.7. The van der Waals surface area contributed by atoms with Gasteiger partial charge in [-0.3, -0.25) is 14.4 Å². The molecule has 1 aliphatic carbocycles. The summed E-state index contributed by atoms with van der Waals surface area (Å²) in [5.41, 5.74) is 1.70. The van der Waals surface area contributed by atoms with E-state index < -0.39 is 6.04 Å². The Balaban J connectivity index is 1.58. The number of likely N-dealkylation sites (tertiary alicyclic amines) is 1. The lowest BCUT2D eigenvalue weighted by atomic mass is 9.83. The van der Waals surface area contributed by atoms with Gasteiger partial charge in [-0.15, -0.1) is 0 Å². The minimum absolute atomic E-state index is 0.0323. The Morgan fingerprint density at radius 3 is 2.54 bits per heavy atom. The summed E-state index contributed by atoms with van der Waals surface area (Å²) >= 11 is 3.52. The number of halogens is 1. The van der Waals surface area contributed by atoms with Gasteiger partial charge in [-0.1, -0.05) is 35.2 Å². The van der Waals surface area contributed by atoms with Gasteiger partial charge in [0.15, 0.2) is 5.78 Å². The highest BCUT2D eigenvalue weighted by Crippen LogP contribution is 2.31. The van der Waals surface area contributed by atoms with Gasteiger partial charge in [0.25, 0.3) is 0 Å². The van der Waals surface area contributed by atoms with Crippen LogP contribution in [-0.4, -0.2) is 58.8 Å². The maximum absolute atomic E-state index is 13.9. The molecular weight excluding hydrogens is 508 g/mol. The molecule has 2 amide bonds. The number of benzene rings is 1. The fourth-order valence-electron chi connectivity index (χ4n) is 5.68. The lowest BCUT2D eigenvalue weighted by Crippen LogP contribution is -2.56. The fraction of sp³-hybridized carbons (Fsp3) is 0.593. The summed E-state index contributed by atoms with van der Waals surface area (Å²) < 4.78 is 3.05. The number of nitrogens with one attached hydrogen (secondary N) is 2. The summed E-state index contributed by atoms with van der Waals surface area (Å²) in [6, 6.07) is 5.20. The first-order valence-corrected chi connectivity index (χ1v) is 13.7. The standard InChI is InChI=1S/C27H37BrN4O3/c1-17(29-3)26(34)30-25(19-8-5-4-6-9-19)27(35)32-13-7-10-21(32)15-31-16-23(18(2)33)22-14-20(28)11-12-24(22)31/h11-12,14,16-17,19,21,25,29H,4-10,13,15H2,1-3H3,(H,30,34). The number of carbonyl (C=O) groups excluding carboxylic acids is 3. The molecule has 190 valence electrons. The Morgan fingerprint density at radius 2 is 1.86 bits per heavy atom. The molecule has 0 spiro atoms. The van der Waals surface area contributed by atoms with Gasteiger partial charge in [0.05, 0.1) is 6.04 Å². The topological polar surface area (TPSA) is 83.4 Å². The van der Waals surface area contributed by atoms with Crippen LogP contribution >= 0.6 is 15.9 Å². The van der Waals surface area contributed by atoms with E-state index in [-0.39, 0.29) is 35.6 Å².